The van der Waals surface area contributed by atoms with Gasteiger partial charge in [-0.05, 0) is 25.2 Å². The number of rotatable bonds is 3. The molecular weight excluding hydrogens is 234 g/mol. The first-order valence-corrected chi connectivity index (χ1v) is 7.06. The van der Waals surface area contributed by atoms with E-state index in [0.717, 1.165) is 11.4 Å². The Bertz CT molecular complexity index is 389. The summed E-state index contributed by atoms with van der Waals surface area (Å²) in [7, 11) is 2.06. The van der Waals surface area contributed by atoms with Crippen molar-refractivity contribution in [3.63, 3.8) is 0 Å². The molecule has 0 spiro atoms. The van der Waals surface area contributed by atoms with Gasteiger partial charge in [0.15, 0.2) is 0 Å². The Kier molecular flexibility index (Phi) is 3.84. The second kappa shape index (κ2) is 5.19. The van der Waals surface area contributed by atoms with E-state index < -0.39 is 6.10 Å². The average molecular weight is 253 g/mol. The molecule has 1 saturated heterocycles. The summed E-state index contributed by atoms with van der Waals surface area (Å²) < 4.78 is 0. The highest BCUT2D eigenvalue weighted by Crippen LogP contribution is 2.31. The summed E-state index contributed by atoms with van der Waals surface area (Å²) in [6, 6.07) is 6.06. The number of aromatic hydroxyl groups is 1. The third-order valence-electron chi connectivity index (χ3n) is 3.32. The Morgan fingerprint density at radius 3 is 2.76 bits per heavy atom. The summed E-state index contributed by atoms with van der Waals surface area (Å²) in [5.41, 5.74) is 1.60. The molecular formula is C13H19NO2S. The van der Waals surface area contributed by atoms with Gasteiger partial charge in [-0.2, -0.15) is 11.8 Å². The van der Waals surface area contributed by atoms with Gasteiger partial charge in [0, 0.05) is 36.2 Å². The highest BCUT2D eigenvalue weighted by molar-refractivity contribution is 7.99. The maximum atomic E-state index is 9.86. The van der Waals surface area contributed by atoms with E-state index in [1.807, 2.05) is 17.8 Å². The van der Waals surface area contributed by atoms with Crippen LogP contribution in [0.15, 0.2) is 18.2 Å². The topological polar surface area (TPSA) is 43.7 Å². The number of phenols is 1. The van der Waals surface area contributed by atoms with Gasteiger partial charge in [0.25, 0.3) is 0 Å². The van der Waals surface area contributed by atoms with Crippen molar-refractivity contribution in [1.29, 1.82) is 0 Å². The Morgan fingerprint density at radius 1 is 1.47 bits per heavy atom. The standard InChI is InChI=1S/C13H19NO2S/c1-9(15)12-4-3-10(7-13(12)16)14(2)11-5-6-17-8-11/h3-4,7,9,11,15-16H,5-6,8H2,1-2H3. The van der Waals surface area contributed by atoms with Crippen molar-refractivity contribution in [2.45, 2.75) is 25.5 Å². The maximum Gasteiger partial charge on any atom is 0.123 e. The Hall–Kier alpha value is -0.870. The van der Waals surface area contributed by atoms with Crippen LogP contribution in [-0.4, -0.2) is 34.8 Å². The molecule has 0 aliphatic carbocycles. The quantitative estimate of drug-likeness (QED) is 0.868. The van der Waals surface area contributed by atoms with Crippen LogP contribution in [-0.2, 0) is 0 Å². The zero-order valence-corrected chi connectivity index (χ0v) is 11.1. The van der Waals surface area contributed by atoms with E-state index in [0.29, 0.717) is 11.6 Å². The summed E-state index contributed by atoms with van der Waals surface area (Å²) in [5.74, 6) is 2.54. The van der Waals surface area contributed by atoms with E-state index >= 15 is 0 Å². The van der Waals surface area contributed by atoms with Crippen LogP contribution in [0.4, 0.5) is 5.69 Å². The van der Waals surface area contributed by atoms with Crippen molar-refractivity contribution < 1.29 is 10.2 Å². The van der Waals surface area contributed by atoms with Crippen LogP contribution in [0.1, 0.15) is 25.0 Å². The predicted molar refractivity (Wildman–Crippen MR) is 72.9 cm³/mol. The molecule has 0 aromatic heterocycles. The van der Waals surface area contributed by atoms with Crippen molar-refractivity contribution in [2.75, 3.05) is 23.5 Å². The molecule has 2 unspecified atom stereocenters. The second-order valence-corrected chi connectivity index (χ2v) is 5.70. The first-order valence-electron chi connectivity index (χ1n) is 5.91. The van der Waals surface area contributed by atoms with Crippen LogP contribution in [0.25, 0.3) is 0 Å². The maximum absolute atomic E-state index is 9.86. The Balaban J connectivity index is 2.18. The molecule has 1 aliphatic heterocycles. The molecule has 3 nitrogen and oxygen atoms in total. The fourth-order valence-corrected chi connectivity index (χ4v) is 3.41. The summed E-state index contributed by atoms with van der Waals surface area (Å²) in [4.78, 5) is 2.21. The molecule has 2 rings (SSSR count). The van der Waals surface area contributed by atoms with Gasteiger partial charge < -0.3 is 15.1 Å². The van der Waals surface area contributed by atoms with Gasteiger partial charge in [0.05, 0.1) is 6.10 Å². The lowest BCUT2D eigenvalue weighted by Crippen LogP contribution is -2.31. The number of thioether (sulfide) groups is 1. The summed E-state index contributed by atoms with van der Waals surface area (Å²) in [6.45, 7) is 1.66. The zero-order valence-electron chi connectivity index (χ0n) is 10.3. The van der Waals surface area contributed by atoms with Gasteiger partial charge in [-0.1, -0.05) is 6.07 Å². The lowest BCUT2D eigenvalue weighted by molar-refractivity contribution is 0.195. The fraction of sp³-hybridized carbons (Fsp3) is 0.538. The molecule has 2 N–H and O–H groups in total. The predicted octanol–water partition coefficient (Wildman–Crippen LogP) is 2.39. The number of aliphatic hydroxyl groups excluding tert-OH is 1. The lowest BCUT2D eigenvalue weighted by Gasteiger charge is -2.26. The molecule has 1 aromatic rings. The first-order chi connectivity index (χ1) is 8.09. The SMILES string of the molecule is CC(O)c1ccc(N(C)C2CCSC2)cc1O. The third kappa shape index (κ3) is 2.69. The van der Waals surface area contributed by atoms with Gasteiger partial charge in [-0.25, -0.2) is 0 Å². The number of hydrogen-bond acceptors (Lipinski definition) is 4. The number of aliphatic hydroxyl groups is 1. The fourth-order valence-electron chi connectivity index (χ4n) is 2.14. The number of hydrogen-bond donors (Lipinski definition) is 2. The molecule has 1 heterocycles. The van der Waals surface area contributed by atoms with Crippen molar-refractivity contribution in [2.24, 2.45) is 0 Å². The molecule has 0 saturated carbocycles. The first kappa shape index (κ1) is 12.6. The molecule has 94 valence electrons. The van der Waals surface area contributed by atoms with E-state index in [2.05, 4.69) is 11.9 Å². The highest BCUT2D eigenvalue weighted by atomic mass is 32.2. The van der Waals surface area contributed by atoms with Crippen LogP contribution in [0, 0.1) is 0 Å². The molecule has 4 heteroatoms. The summed E-state index contributed by atoms with van der Waals surface area (Å²) in [5, 5.41) is 19.3. The van der Waals surface area contributed by atoms with E-state index in [1.54, 1.807) is 19.1 Å². The van der Waals surface area contributed by atoms with Crippen LogP contribution < -0.4 is 4.90 Å². The Labute approximate surface area is 106 Å². The van der Waals surface area contributed by atoms with E-state index in [1.165, 1.54) is 12.2 Å². The number of anilines is 1. The second-order valence-electron chi connectivity index (χ2n) is 4.55. The van der Waals surface area contributed by atoms with Crippen LogP contribution in [0.3, 0.4) is 0 Å². The number of benzene rings is 1. The Morgan fingerprint density at radius 2 is 2.24 bits per heavy atom. The average Bonchev–Trinajstić information content (AvgIpc) is 2.80. The van der Waals surface area contributed by atoms with Gasteiger partial charge in [0.1, 0.15) is 5.75 Å². The lowest BCUT2D eigenvalue weighted by atomic mass is 10.1. The summed E-state index contributed by atoms with van der Waals surface area (Å²) in [6.07, 6.45) is 0.566. The molecule has 17 heavy (non-hydrogen) atoms. The molecule has 0 amide bonds. The highest BCUT2D eigenvalue weighted by Gasteiger charge is 2.21. The molecule has 1 aromatic carbocycles. The largest absolute Gasteiger partial charge is 0.507 e. The zero-order chi connectivity index (χ0) is 12.4. The monoisotopic (exact) mass is 253 g/mol. The van der Waals surface area contributed by atoms with E-state index in [9.17, 15) is 10.2 Å². The van der Waals surface area contributed by atoms with E-state index in [-0.39, 0.29) is 5.75 Å². The van der Waals surface area contributed by atoms with Crippen molar-refractivity contribution in [1.82, 2.24) is 0 Å². The van der Waals surface area contributed by atoms with Crippen molar-refractivity contribution in [3.05, 3.63) is 23.8 Å². The minimum absolute atomic E-state index is 0.176. The number of phenolic OH excluding ortho intramolecular Hbond substituents is 1. The molecule has 0 radical (unpaired) electrons. The molecule has 0 bridgehead atoms. The van der Waals surface area contributed by atoms with Crippen molar-refractivity contribution in [3.8, 4) is 5.75 Å². The van der Waals surface area contributed by atoms with Crippen LogP contribution >= 0.6 is 11.8 Å². The normalized spacial score (nSPS) is 21.5. The van der Waals surface area contributed by atoms with Crippen molar-refractivity contribution >= 4 is 17.4 Å². The molecule has 2 atom stereocenters. The third-order valence-corrected chi connectivity index (χ3v) is 4.47. The van der Waals surface area contributed by atoms with Gasteiger partial charge in [0.2, 0.25) is 0 Å². The van der Waals surface area contributed by atoms with E-state index in [4.69, 9.17) is 0 Å². The minimum Gasteiger partial charge on any atom is -0.507 e. The minimum atomic E-state index is -0.628. The number of nitrogens with zero attached hydrogens (tertiary/aromatic N) is 1. The smallest absolute Gasteiger partial charge is 0.123 e. The molecule has 1 aliphatic rings. The van der Waals surface area contributed by atoms with Gasteiger partial charge in [-0.3, -0.25) is 0 Å². The van der Waals surface area contributed by atoms with Gasteiger partial charge >= 0.3 is 0 Å². The van der Waals surface area contributed by atoms with Crippen LogP contribution in [0.5, 0.6) is 5.75 Å². The summed E-state index contributed by atoms with van der Waals surface area (Å²) >= 11 is 1.97. The molecule has 1 fully saturated rings. The van der Waals surface area contributed by atoms with Crippen LogP contribution in [0.2, 0.25) is 0 Å². The van der Waals surface area contributed by atoms with Gasteiger partial charge in [-0.15, -0.1) is 0 Å².